The number of ether oxygens (including phenoxy) is 1. The van der Waals surface area contributed by atoms with Crippen LogP contribution in [0.15, 0.2) is 17.5 Å². The second-order valence-corrected chi connectivity index (χ2v) is 4.60. The number of thiophene rings is 1. The topological polar surface area (TPSA) is 38.3 Å². The van der Waals surface area contributed by atoms with Crippen molar-refractivity contribution in [3.63, 3.8) is 0 Å². The molecule has 4 heteroatoms. The molecule has 0 aromatic carbocycles. The van der Waals surface area contributed by atoms with Crippen LogP contribution >= 0.6 is 11.3 Å². The maximum absolute atomic E-state index is 11.5. The Hall–Kier alpha value is -0.870. The molecule has 0 unspecified atom stereocenters. The highest BCUT2D eigenvalue weighted by atomic mass is 32.1. The molecule has 1 N–H and O–H groups in total. The third-order valence-electron chi connectivity index (χ3n) is 2.60. The van der Waals surface area contributed by atoms with Gasteiger partial charge in [-0.05, 0) is 31.2 Å². The third kappa shape index (κ3) is 2.38. The van der Waals surface area contributed by atoms with Gasteiger partial charge in [0, 0.05) is 10.9 Å². The van der Waals surface area contributed by atoms with Crippen molar-refractivity contribution in [2.75, 3.05) is 6.61 Å². The lowest BCUT2D eigenvalue weighted by molar-refractivity contribution is -0.145. The molecule has 0 spiro atoms. The SMILES string of the molecule is CCOC(=O)[C@@H]1CC[C@@H](c2cccs2)N1. The van der Waals surface area contributed by atoms with Crippen molar-refractivity contribution in [3.8, 4) is 0 Å². The molecule has 1 aromatic rings. The smallest absolute Gasteiger partial charge is 0.323 e. The first-order valence-electron chi connectivity index (χ1n) is 5.27. The number of carbonyl (C=O) groups is 1. The van der Waals surface area contributed by atoms with Crippen LogP contribution in [0, 0.1) is 0 Å². The fourth-order valence-corrected chi connectivity index (χ4v) is 2.71. The molecule has 0 aliphatic carbocycles. The van der Waals surface area contributed by atoms with Crippen molar-refractivity contribution in [2.24, 2.45) is 0 Å². The first-order valence-corrected chi connectivity index (χ1v) is 6.15. The van der Waals surface area contributed by atoms with E-state index in [1.54, 1.807) is 11.3 Å². The van der Waals surface area contributed by atoms with E-state index >= 15 is 0 Å². The summed E-state index contributed by atoms with van der Waals surface area (Å²) in [5.41, 5.74) is 0. The first-order chi connectivity index (χ1) is 7.31. The zero-order chi connectivity index (χ0) is 10.7. The minimum absolute atomic E-state index is 0.114. The van der Waals surface area contributed by atoms with Crippen molar-refractivity contribution < 1.29 is 9.53 Å². The van der Waals surface area contributed by atoms with Gasteiger partial charge in [0.15, 0.2) is 0 Å². The number of carbonyl (C=O) groups excluding carboxylic acids is 1. The summed E-state index contributed by atoms with van der Waals surface area (Å²) >= 11 is 1.73. The summed E-state index contributed by atoms with van der Waals surface area (Å²) in [6.45, 7) is 2.30. The van der Waals surface area contributed by atoms with Crippen LogP contribution in [0.3, 0.4) is 0 Å². The van der Waals surface area contributed by atoms with Gasteiger partial charge in [-0.25, -0.2) is 0 Å². The lowest BCUT2D eigenvalue weighted by Crippen LogP contribution is -2.33. The maximum Gasteiger partial charge on any atom is 0.323 e. The van der Waals surface area contributed by atoms with Crippen molar-refractivity contribution >= 4 is 17.3 Å². The highest BCUT2D eigenvalue weighted by molar-refractivity contribution is 7.10. The Bertz CT molecular complexity index is 323. The van der Waals surface area contributed by atoms with Crippen LogP contribution in [0.25, 0.3) is 0 Å². The van der Waals surface area contributed by atoms with Crippen molar-refractivity contribution in [1.82, 2.24) is 5.32 Å². The zero-order valence-electron chi connectivity index (χ0n) is 8.73. The molecule has 2 atom stereocenters. The number of rotatable bonds is 3. The summed E-state index contributed by atoms with van der Waals surface area (Å²) in [6.07, 6.45) is 1.89. The van der Waals surface area contributed by atoms with Gasteiger partial charge in [0.05, 0.1) is 6.61 Å². The quantitative estimate of drug-likeness (QED) is 0.801. The van der Waals surface area contributed by atoms with E-state index in [0.717, 1.165) is 12.8 Å². The van der Waals surface area contributed by atoms with Gasteiger partial charge < -0.3 is 4.74 Å². The van der Waals surface area contributed by atoms with Gasteiger partial charge in [0.2, 0.25) is 0 Å². The minimum Gasteiger partial charge on any atom is -0.465 e. The summed E-state index contributed by atoms with van der Waals surface area (Å²) in [5, 5.41) is 5.38. The summed E-state index contributed by atoms with van der Waals surface area (Å²) in [7, 11) is 0. The normalized spacial score (nSPS) is 25.4. The van der Waals surface area contributed by atoms with E-state index in [4.69, 9.17) is 4.74 Å². The molecule has 82 valence electrons. The van der Waals surface area contributed by atoms with Gasteiger partial charge in [0.25, 0.3) is 0 Å². The third-order valence-corrected chi connectivity index (χ3v) is 3.59. The lowest BCUT2D eigenvalue weighted by Gasteiger charge is -2.11. The van der Waals surface area contributed by atoms with Crippen LogP contribution < -0.4 is 5.32 Å². The average Bonchev–Trinajstić information content (AvgIpc) is 2.89. The van der Waals surface area contributed by atoms with Crippen LogP contribution in [0.2, 0.25) is 0 Å². The summed E-state index contributed by atoms with van der Waals surface area (Å²) < 4.78 is 4.99. The second kappa shape index (κ2) is 4.77. The highest BCUT2D eigenvalue weighted by Gasteiger charge is 2.31. The van der Waals surface area contributed by atoms with Gasteiger partial charge in [-0.2, -0.15) is 0 Å². The van der Waals surface area contributed by atoms with Gasteiger partial charge >= 0.3 is 5.97 Å². The van der Waals surface area contributed by atoms with Crippen LogP contribution in [-0.2, 0) is 9.53 Å². The Morgan fingerprint density at radius 2 is 2.53 bits per heavy atom. The highest BCUT2D eigenvalue weighted by Crippen LogP contribution is 2.29. The van der Waals surface area contributed by atoms with Gasteiger partial charge in [-0.15, -0.1) is 11.3 Å². The summed E-state index contributed by atoms with van der Waals surface area (Å²) in [6, 6.07) is 4.37. The van der Waals surface area contributed by atoms with Gasteiger partial charge in [0.1, 0.15) is 6.04 Å². The van der Waals surface area contributed by atoms with Crippen LogP contribution in [0.5, 0.6) is 0 Å². The Morgan fingerprint density at radius 1 is 1.67 bits per heavy atom. The Kier molecular flexibility index (Phi) is 3.38. The fourth-order valence-electron chi connectivity index (χ4n) is 1.89. The molecule has 3 nitrogen and oxygen atoms in total. The van der Waals surface area contributed by atoms with Gasteiger partial charge in [-0.3, -0.25) is 10.1 Å². The minimum atomic E-state index is -0.114. The molecule has 0 amide bonds. The number of esters is 1. The monoisotopic (exact) mass is 225 g/mol. The standard InChI is InChI=1S/C11H15NO2S/c1-2-14-11(13)9-6-5-8(12-9)10-4-3-7-15-10/h3-4,7-9,12H,2,5-6H2,1H3/t8-,9-/m0/s1. The van der Waals surface area contributed by atoms with Crippen molar-refractivity contribution in [2.45, 2.75) is 31.8 Å². The molecule has 0 saturated carbocycles. The van der Waals surface area contributed by atoms with Crippen LogP contribution in [-0.4, -0.2) is 18.6 Å². The molecule has 1 aliphatic rings. The second-order valence-electron chi connectivity index (χ2n) is 3.62. The lowest BCUT2D eigenvalue weighted by atomic mass is 10.2. The molecule has 0 bridgehead atoms. The molecular weight excluding hydrogens is 210 g/mol. The van der Waals surface area contributed by atoms with E-state index in [9.17, 15) is 4.79 Å². The molecule has 1 aromatic heterocycles. The van der Waals surface area contributed by atoms with Crippen molar-refractivity contribution in [3.05, 3.63) is 22.4 Å². The molecule has 0 radical (unpaired) electrons. The summed E-state index contributed by atoms with van der Waals surface area (Å²) in [5.74, 6) is -0.114. The largest absolute Gasteiger partial charge is 0.465 e. The van der Waals surface area contributed by atoms with E-state index in [-0.39, 0.29) is 12.0 Å². The number of hydrogen-bond donors (Lipinski definition) is 1. The molecule has 2 rings (SSSR count). The maximum atomic E-state index is 11.5. The molecule has 1 saturated heterocycles. The molecule has 1 aliphatic heterocycles. The van der Waals surface area contributed by atoms with Crippen LogP contribution in [0.4, 0.5) is 0 Å². The predicted molar refractivity (Wildman–Crippen MR) is 59.9 cm³/mol. The van der Waals surface area contributed by atoms with E-state index in [1.165, 1.54) is 4.88 Å². The Balaban J connectivity index is 1.92. The predicted octanol–water partition coefficient (Wildman–Crippen LogP) is 2.10. The zero-order valence-corrected chi connectivity index (χ0v) is 9.55. The van der Waals surface area contributed by atoms with Gasteiger partial charge in [-0.1, -0.05) is 6.07 Å². The Morgan fingerprint density at radius 3 is 3.20 bits per heavy atom. The van der Waals surface area contributed by atoms with Crippen LogP contribution in [0.1, 0.15) is 30.7 Å². The van der Waals surface area contributed by atoms with E-state index in [0.29, 0.717) is 12.6 Å². The molecular formula is C11H15NO2S. The first kappa shape index (κ1) is 10.6. The van der Waals surface area contributed by atoms with E-state index < -0.39 is 0 Å². The molecule has 1 fully saturated rings. The van der Waals surface area contributed by atoms with E-state index in [2.05, 4.69) is 16.8 Å². The number of nitrogens with one attached hydrogen (secondary N) is 1. The van der Waals surface area contributed by atoms with E-state index in [1.807, 2.05) is 13.0 Å². The summed E-state index contributed by atoms with van der Waals surface area (Å²) in [4.78, 5) is 12.8. The van der Waals surface area contributed by atoms with Crippen molar-refractivity contribution in [1.29, 1.82) is 0 Å². The molecule has 2 heterocycles. The molecule has 15 heavy (non-hydrogen) atoms. The Labute approximate surface area is 93.4 Å². The number of hydrogen-bond acceptors (Lipinski definition) is 4. The average molecular weight is 225 g/mol. The fraction of sp³-hybridized carbons (Fsp3) is 0.545.